The first-order chi connectivity index (χ1) is 13.9. The molecule has 0 aliphatic carbocycles. The molecule has 0 radical (unpaired) electrons. The van der Waals surface area contributed by atoms with E-state index in [2.05, 4.69) is 15.6 Å². The van der Waals surface area contributed by atoms with Crippen molar-refractivity contribution in [3.05, 3.63) is 52.2 Å². The summed E-state index contributed by atoms with van der Waals surface area (Å²) in [6.45, 7) is -0.608. The number of anilines is 1. The molecule has 1 unspecified atom stereocenters. The number of aromatic nitrogens is 1. The standard InChI is InChI=1S/C17H18N4O6S2/c1-28-8-7-12(19-15(23)11-5-3-2-4-6-11)16(24)27-10-13(22)20-17-18-9-14(29-17)21(25)26/h2-6,9,12H,7-8,10H2,1H3,(H,19,23)(H,18,20,22). The first-order valence-corrected chi connectivity index (χ1v) is 10.5. The zero-order valence-corrected chi connectivity index (χ0v) is 17.0. The largest absolute Gasteiger partial charge is 0.454 e. The Morgan fingerprint density at radius 2 is 2.03 bits per heavy atom. The molecule has 29 heavy (non-hydrogen) atoms. The molecule has 0 fully saturated rings. The van der Waals surface area contributed by atoms with Gasteiger partial charge < -0.3 is 10.1 Å². The SMILES string of the molecule is CSCCC(NC(=O)c1ccccc1)C(=O)OCC(=O)Nc1ncc([N+](=O)[O-])s1. The summed E-state index contributed by atoms with van der Waals surface area (Å²) >= 11 is 2.19. The molecule has 0 bridgehead atoms. The van der Waals surface area contributed by atoms with Crippen molar-refractivity contribution in [2.45, 2.75) is 12.5 Å². The van der Waals surface area contributed by atoms with Crippen molar-refractivity contribution in [1.29, 1.82) is 0 Å². The van der Waals surface area contributed by atoms with E-state index in [0.717, 1.165) is 6.20 Å². The van der Waals surface area contributed by atoms with Gasteiger partial charge in [-0.1, -0.05) is 18.2 Å². The minimum atomic E-state index is -0.913. The van der Waals surface area contributed by atoms with Gasteiger partial charge in [-0.3, -0.25) is 25.0 Å². The van der Waals surface area contributed by atoms with Crippen LogP contribution < -0.4 is 10.6 Å². The van der Waals surface area contributed by atoms with Gasteiger partial charge in [0.25, 0.3) is 11.8 Å². The molecule has 0 aliphatic heterocycles. The first-order valence-electron chi connectivity index (χ1n) is 8.32. The average molecular weight is 438 g/mol. The second-order valence-electron chi connectivity index (χ2n) is 5.59. The molecule has 2 aromatic rings. The summed E-state index contributed by atoms with van der Waals surface area (Å²) in [4.78, 5) is 50.2. The lowest BCUT2D eigenvalue weighted by molar-refractivity contribution is -0.380. The van der Waals surface area contributed by atoms with Crippen molar-refractivity contribution in [3.63, 3.8) is 0 Å². The molecule has 0 saturated heterocycles. The van der Waals surface area contributed by atoms with Crippen LogP contribution in [0, 0.1) is 10.1 Å². The second-order valence-corrected chi connectivity index (χ2v) is 7.58. The Bertz CT molecular complexity index is 874. The van der Waals surface area contributed by atoms with Gasteiger partial charge in [0, 0.05) is 5.56 Å². The van der Waals surface area contributed by atoms with E-state index in [1.807, 2.05) is 6.26 Å². The number of thiazole rings is 1. The minimum absolute atomic E-state index is 0.0223. The number of nitro groups is 1. The molecule has 2 rings (SSSR count). The van der Waals surface area contributed by atoms with Crippen LogP contribution in [0.1, 0.15) is 16.8 Å². The Labute approximate surface area is 174 Å². The summed E-state index contributed by atoms with van der Waals surface area (Å²) in [6.07, 6.45) is 3.21. The quantitative estimate of drug-likeness (QED) is 0.326. The van der Waals surface area contributed by atoms with E-state index in [-0.39, 0.29) is 10.1 Å². The topological polar surface area (TPSA) is 141 Å². The maximum absolute atomic E-state index is 12.3. The molecule has 0 saturated carbocycles. The van der Waals surface area contributed by atoms with E-state index in [1.54, 1.807) is 30.3 Å². The Hall–Kier alpha value is -2.99. The van der Waals surface area contributed by atoms with Gasteiger partial charge in [0.05, 0.1) is 4.92 Å². The summed E-state index contributed by atoms with van der Waals surface area (Å²) < 4.78 is 4.99. The van der Waals surface area contributed by atoms with Crippen LogP contribution in [0.5, 0.6) is 0 Å². The summed E-state index contributed by atoms with van der Waals surface area (Å²) in [6, 6.07) is 7.50. The highest BCUT2D eigenvalue weighted by molar-refractivity contribution is 7.98. The van der Waals surface area contributed by atoms with Crippen LogP contribution in [0.15, 0.2) is 36.5 Å². The monoisotopic (exact) mass is 438 g/mol. The summed E-state index contributed by atoms with van der Waals surface area (Å²) in [5.41, 5.74) is 0.401. The van der Waals surface area contributed by atoms with Gasteiger partial charge >= 0.3 is 11.0 Å². The van der Waals surface area contributed by atoms with Crippen LogP contribution in [-0.4, -0.2) is 52.3 Å². The maximum atomic E-state index is 12.3. The highest BCUT2D eigenvalue weighted by Crippen LogP contribution is 2.24. The third kappa shape index (κ3) is 7.16. The zero-order valence-electron chi connectivity index (χ0n) is 15.3. The summed E-state index contributed by atoms with van der Waals surface area (Å²) in [5, 5.41) is 15.4. The van der Waals surface area contributed by atoms with Gasteiger partial charge in [-0.05, 0) is 41.9 Å². The van der Waals surface area contributed by atoms with Gasteiger partial charge in [0.2, 0.25) is 0 Å². The number of esters is 1. The first kappa shape index (κ1) is 22.3. The lowest BCUT2D eigenvalue weighted by atomic mass is 10.1. The molecule has 1 aromatic carbocycles. The number of carbonyl (C=O) groups excluding carboxylic acids is 3. The molecule has 1 heterocycles. The molecular weight excluding hydrogens is 420 g/mol. The number of benzene rings is 1. The van der Waals surface area contributed by atoms with Crippen molar-refractivity contribution >= 4 is 51.0 Å². The zero-order chi connectivity index (χ0) is 21.2. The van der Waals surface area contributed by atoms with Gasteiger partial charge in [0.1, 0.15) is 12.2 Å². The second kappa shape index (κ2) is 11.1. The summed E-state index contributed by atoms with van der Waals surface area (Å²) in [5.74, 6) is -1.26. The molecule has 0 spiro atoms. The number of carbonyl (C=O) groups is 3. The molecule has 1 aromatic heterocycles. The van der Waals surface area contributed by atoms with Crippen molar-refractivity contribution < 1.29 is 24.0 Å². The number of nitrogens with one attached hydrogen (secondary N) is 2. The molecular formula is C17H18N4O6S2. The van der Waals surface area contributed by atoms with Crippen LogP contribution in [0.4, 0.5) is 10.1 Å². The fraction of sp³-hybridized carbons (Fsp3) is 0.294. The third-order valence-electron chi connectivity index (χ3n) is 3.50. The Balaban J connectivity index is 1.90. The van der Waals surface area contributed by atoms with Crippen LogP contribution in [0.3, 0.4) is 0 Å². The lowest BCUT2D eigenvalue weighted by Gasteiger charge is -2.17. The highest BCUT2D eigenvalue weighted by atomic mass is 32.2. The van der Waals surface area contributed by atoms with Crippen LogP contribution >= 0.6 is 23.1 Å². The number of nitrogens with zero attached hydrogens (tertiary/aromatic N) is 2. The van der Waals surface area contributed by atoms with Gasteiger partial charge in [-0.2, -0.15) is 11.8 Å². The van der Waals surface area contributed by atoms with Crippen molar-refractivity contribution in [2.24, 2.45) is 0 Å². The van der Waals surface area contributed by atoms with Crippen molar-refractivity contribution in [3.8, 4) is 0 Å². The molecule has 154 valence electrons. The fourth-order valence-electron chi connectivity index (χ4n) is 2.12. The normalized spacial score (nSPS) is 11.3. The number of rotatable bonds is 10. The minimum Gasteiger partial charge on any atom is -0.454 e. The highest BCUT2D eigenvalue weighted by Gasteiger charge is 2.23. The summed E-state index contributed by atoms with van der Waals surface area (Å²) in [7, 11) is 0. The van der Waals surface area contributed by atoms with E-state index in [9.17, 15) is 24.5 Å². The smallest absolute Gasteiger partial charge is 0.345 e. The van der Waals surface area contributed by atoms with Crippen LogP contribution in [0.2, 0.25) is 0 Å². The number of hydrogen-bond donors (Lipinski definition) is 2. The number of ether oxygens (including phenoxy) is 1. The fourth-order valence-corrected chi connectivity index (χ4v) is 3.24. The predicted molar refractivity (Wildman–Crippen MR) is 109 cm³/mol. The Morgan fingerprint density at radius 1 is 1.31 bits per heavy atom. The van der Waals surface area contributed by atoms with E-state index in [4.69, 9.17) is 4.74 Å². The molecule has 2 N–H and O–H groups in total. The maximum Gasteiger partial charge on any atom is 0.345 e. The molecule has 0 aliphatic rings. The lowest BCUT2D eigenvalue weighted by Crippen LogP contribution is -2.43. The van der Waals surface area contributed by atoms with E-state index < -0.39 is 35.4 Å². The van der Waals surface area contributed by atoms with E-state index in [0.29, 0.717) is 29.1 Å². The number of hydrogen-bond acceptors (Lipinski definition) is 9. The number of amides is 2. The third-order valence-corrected chi connectivity index (χ3v) is 5.01. The predicted octanol–water partition coefficient (Wildman–Crippen LogP) is 2.08. The van der Waals surface area contributed by atoms with Gasteiger partial charge in [0.15, 0.2) is 11.7 Å². The van der Waals surface area contributed by atoms with Gasteiger partial charge in [-0.25, -0.2) is 9.78 Å². The van der Waals surface area contributed by atoms with Crippen LogP contribution in [0.25, 0.3) is 0 Å². The number of thioether (sulfide) groups is 1. The van der Waals surface area contributed by atoms with Crippen LogP contribution in [-0.2, 0) is 14.3 Å². The molecule has 10 nitrogen and oxygen atoms in total. The van der Waals surface area contributed by atoms with Gasteiger partial charge in [-0.15, -0.1) is 0 Å². The van der Waals surface area contributed by atoms with E-state index in [1.165, 1.54) is 11.8 Å². The van der Waals surface area contributed by atoms with Crippen molar-refractivity contribution in [1.82, 2.24) is 10.3 Å². The molecule has 2 amide bonds. The molecule has 12 heteroatoms. The van der Waals surface area contributed by atoms with Crippen molar-refractivity contribution in [2.75, 3.05) is 23.9 Å². The van der Waals surface area contributed by atoms with E-state index >= 15 is 0 Å². The molecule has 1 atom stereocenters. The Morgan fingerprint density at radius 3 is 2.66 bits per heavy atom. The average Bonchev–Trinajstić information content (AvgIpc) is 3.18. The Kier molecular flexibility index (Phi) is 8.55.